The van der Waals surface area contributed by atoms with Crippen molar-refractivity contribution in [1.82, 2.24) is 10.6 Å². The largest absolute Gasteiger partial charge is 0.356 e. The molecular formula is C22H30N2O4. The molecule has 6 heteroatoms. The smallest absolute Gasteiger partial charge is 0.287 e. The Kier molecular flexibility index (Phi) is 8.85. The molecule has 0 spiro atoms. The molecule has 2 rings (SSSR count). The highest BCUT2D eigenvalue weighted by Gasteiger charge is 2.41. The predicted molar refractivity (Wildman–Crippen MR) is 107 cm³/mol. The highest BCUT2D eigenvalue weighted by Crippen LogP contribution is 2.32. The van der Waals surface area contributed by atoms with Gasteiger partial charge in [-0.25, -0.2) is 0 Å². The molecule has 0 aliphatic heterocycles. The Morgan fingerprint density at radius 1 is 0.964 bits per heavy atom. The lowest BCUT2D eigenvalue weighted by Crippen LogP contribution is -2.38. The van der Waals surface area contributed by atoms with Crippen LogP contribution >= 0.6 is 0 Å². The van der Waals surface area contributed by atoms with Gasteiger partial charge < -0.3 is 10.6 Å². The maximum absolute atomic E-state index is 12.6. The SMILES string of the molecule is CC(=O)NCCCCCCNC(=O)C(=O)C1CCC(=O)C1Cc1ccccc1. The lowest BCUT2D eigenvalue weighted by atomic mass is 9.86. The number of ketones is 2. The molecule has 0 heterocycles. The fraction of sp³-hybridized carbons (Fsp3) is 0.545. The van der Waals surface area contributed by atoms with Crippen LogP contribution in [-0.4, -0.2) is 36.5 Å². The second-order valence-electron chi connectivity index (χ2n) is 7.43. The lowest BCUT2D eigenvalue weighted by molar-refractivity contribution is -0.141. The summed E-state index contributed by atoms with van der Waals surface area (Å²) in [5.74, 6) is -1.89. The minimum absolute atomic E-state index is 0.0262. The van der Waals surface area contributed by atoms with Crippen LogP contribution < -0.4 is 10.6 Å². The summed E-state index contributed by atoms with van der Waals surface area (Å²) in [6.07, 6.45) is 4.92. The third-order valence-electron chi connectivity index (χ3n) is 5.22. The van der Waals surface area contributed by atoms with Crippen LogP contribution in [-0.2, 0) is 25.6 Å². The molecule has 1 fully saturated rings. The van der Waals surface area contributed by atoms with Crippen LogP contribution in [0.2, 0.25) is 0 Å². The van der Waals surface area contributed by atoms with E-state index in [1.54, 1.807) is 0 Å². The molecule has 1 saturated carbocycles. The molecule has 6 nitrogen and oxygen atoms in total. The average Bonchev–Trinajstić information content (AvgIpc) is 3.04. The van der Waals surface area contributed by atoms with Gasteiger partial charge in [-0.3, -0.25) is 19.2 Å². The van der Waals surface area contributed by atoms with E-state index >= 15 is 0 Å². The van der Waals surface area contributed by atoms with Gasteiger partial charge in [0.25, 0.3) is 5.91 Å². The van der Waals surface area contributed by atoms with Crippen molar-refractivity contribution in [2.24, 2.45) is 11.8 Å². The van der Waals surface area contributed by atoms with Gasteiger partial charge in [0.2, 0.25) is 11.7 Å². The van der Waals surface area contributed by atoms with Gasteiger partial charge in [-0.1, -0.05) is 43.2 Å². The van der Waals surface area contributed by atoms with Crippen molar-refractivity contribution >= 4 is 23.4 Å². The first-order valence-electron chi connectivity index (χ1n) is 10.1. The Morgan fingerprint density at radius 3 is 2.25 bits per heavy atom. The summed E-state index contributed by atoms with van der Waals surface area (Å²) in [6.45, 7) is 2.61. The molecule has 1 aromatic carbocycles. The second kappa shape index (κ2) is 11.4. The van der Waals surface area contributed by atoms with Crippen LogP contribution in [0.1, 0.15) is 51.0 Å². The molecule has 0 bridgehead atoms. The van der Waals surface area contributed by atoms with E-state index < -0.39 is 23.5 Å². The molecule has 1 aromatic rings. The van der Waals surface area contributed by atoms with Gasteiger partial charge in [0.1, 0.15) is 5.78 Å². The number of carbonyl (C=O) groups excluding carboxylic acids is 4. The van der Waals surface area contributed by atoms with E-state index in [9.17, 15) is 19.2 Å². The van der Waals surface area contributed by atoms with Crippen molar-refractivity contribution in [3.8, 4) is 0 Å². The Labute approximate surface area is 166 Å². The Hall–Kier alpha value is -2.50. The highest BCUT2D eigenvalue weighted by atomic mass is 16.2. The quantitative estimate of drug-likeness (QED) is 0.450. The van der Waals surface area contributed by atoms with Crippen LogP contribution in [0.4, 0.5) is 0 Å². The Bertz CT molecular complexity index is 687. The first kappa shape index (κ1) is 21.8. The maximum atomic E-state index is 12.6. The van der Waals surface area contributed by atoms with Gasteiger partial charge in [-0.05, 0) is 31.2 Å². The van der Waals surface area contributed by atoms with Crippen molar-refractivity contribution in [2.45, 2.75) is 51.9 Å². The number of benzene rings is 1. The molecule has 2 N–H and O–H groups in total. The van der Waals surface area contributed by atoms with Gasteiger partial charge in [0.05, 0.1) is 0 Å². The molecule has 28 heavy (non-hydrogen) atoms. The van der Waals surface area contributed by atoms with Crippen molar-refractivity contribution in [3.63, 3.8) is 0 Å². The van der Waals surface area contributed by atoms with Crippen molar-refractivity contribution < 1.29 is 19.2 Å². The van der Waals surface area contributed by atoms with E-state index in [1.807, 2.05) is 30.3 Å². The number of unbranched alkanes of at least 4 members (excludes halogenated alkanes) is 3. The topological polar surface area (TPSA) is 92.3 Å². The van der Waals surface area contributed by atoms with E-state index in [-0.39, 0.29) is 11.7 Å². The molecule has 0 aromatic heterocycles. The Morgan fingerprint density at radius 2 is 1.61 bits per heavy atom. The fourth-order valence-corrected chi connectivity index (χ4v) is 3.67. The number of hydrogen-bond donors (Lipinski definition) is 2. The van der Waals surface area contributed by atoms with Gasteiger partial charge in [-0.2, -0.15) is 0 Å². The van der Waals surface area contributed by atoms with Gasteiger partial charge >= 0.3 is 0 Å². The van der Waals surface area contributed by atoms with Crippen LogP contribution in [0.15, 0.2) is 30.3 Å². The summed E-state index contributed by atoms with van der Waals surface area (Å²) < 4.78 is 0. The number of amides is 2. The predicted octanol–water partition coefficient (Wildman–Crippen LogP) is 2.21. The first-order chi connectivity index (χ1) is 13.5. The van der Waals surface area contributed by atoms with E-state index in [0.29, 0.717) is 32.4 Å². The highest BCUT2D eigenvalue weighted by molar-refractivity contribution is 6.37. The average molecular weight is 386 g/mol. The van der Waals surface area contributed by atoms with E-state index in [4.69, 9.17) is 0 Å². The van der Waals surface area contributed by atoms with Gasteiger partial charge in [0, 0.05) is 38.3 Å². The van der Waals surface area contributed by atoms with Gasteiger partial charge in [0.15, 0.2) is 0 Å². The van der Waals surface area contributed by atoms with Crippen molar-refractivity contribution in [3.05, 3.63) is 35.9 Å². The third kappa shape index (κ3) is 6.91. The molecule has 1 aliphatic rings. The number of nitrogens with one attached hydrogen (secondary N) is 2. The summed E-state index contributed by atoms with van der Waals surface area (Å²) in [5.41, 5.74) is 1.01. The number of hydrogen-bond acceptors (Lipinski definition) is 4. The molecule has 2 amide bonds. The summed E-state index contributed by atoms with van der Waals surface area (Å²) >= 11 is 0. The van der Waals surface area contributed by atoms with Crippen LogP contribution in [0.25, 0.3) is 0 Å². The van der Waals surface area contributed by atoms with Crippen molar-refractivity contribution in [2.75, 3.05) is 13.1 Å². The zero-order chi connectivity index (χ0) is 20.4. The molecule has 152 valence electrons. The van der Waals surface area contributed by atoms with Gasteiger partial charge in [-0.15, -0.1) is 0 Å². The normalized spacial score (nSPS) is 18.7. The standard InChI is InChI=1S/C22H30N2O4/c1-16(25)23-13-7-2-3-8-14-24-22(28)21(27)18-11-12-20(26)19(18)15-17-9-5-4-6-10-17/h4-6,9-10,18-19H,2-3,7-8,11-15H2,1H3,(H,23,25)(H,24,28). The molecular weight excluding hydrogens is 356 g/mol. The molecule has 1 aliphatic carbocycles. The van der Waals surface area contributed by atoms with Crippen LogP contribution in [0, 0.1) is 11.8 Å². The summed E-state index contributed by atoms with van der Waals surface area (Å²) in [5, 5.41) is 5.44. The monoisotopic (exact) mass is 386 g/mol. The van der Waals surface area contributed by atoms with Crippen LogP contribution in [0.3, 0.4) is 0 Å². The van der Waals surface area contributed by atoms with E-state index in [1.165, 1.54) is 6.92 Å². The minimum atomic E-state index is -0.573. The Balaban J connectivity index is 1.71. The zero-order valence-electron chi connectivity index (χ0n) is 16.5. The minimum Gasteiger partial charge on any atom is -0.356 e. The number of carbonyl (C=O) groups is 4. The second-order valence-corrected chi connectivity index (χ2v) is 7.43. The molecule has 2 atom stereocenters. The van der Waals surface area contributed by atoms with E-state index in [2.05, 4.69) is 10.6 Å². The third-order valence-corrected chi connectivity index (χ3v) is 5.22. The maximum Gasteiger partial charge on any atom is 0.287 e. The van der Waals surface area contributed by atoms with E-state index in [0.717, 1.165) is 31.2 Å². The van der Waals surface area contributed by atoms with Crippen LogP contribution in [0.5, 0.6) is 0 Å². The number of Topliss-reactive ketones (excluding diaryl/α,β-unsaturated/α-hetero) is 2. The molecule has 2 unspecified atom stereocenters. The summed E-state index contributed by atoms with van der Waals surface area (Å²) in [7, 11) is 0. The number of rotatable bonds is 11. The molecule has 0 saturated heterocycles. The molecule has 0 radical (unpaired) electrons. The van der Waals surface area contributed by atoms with Crippen molar-refractivity contribution in [1.29, 1.82) is 0 Å². The first-order valence-corrected chi connectivity index (χ1v) is 10.1. The lowest BCUT2D eigenvalue weighted by Gasteiger charge is -2.17. The fourth-order valence-electron chi connectivity index (χ4n) is 3.67. The summed E-state index contributed by atoms with van der Waals surface area (Å²) in [4.78, 5) is 47.8. The zero-order valence-corrected chi connectivity index (χ0v) is 16.5. The summed E-state index contributed by atoms with van der Waals surface area (Å²) in [6, 6.07) is 9.62.